The SMILES string of the molecule is Nc1ccc2c(c1)N(C(=O)c1cc(Cl)sc1Cl)CCC2. The second-order valence-corrected chi connectivity index (χ2v) is 6.97. The van der Waals surface area contributed by atoms with Crippen LogP contribution in [-0.2, 0) is 6.42 Å². The molecule has 20 heavy (non-hydrogen) atoms. The Kier molecular flexibility index (Phi) is 3.63. The van der Waals surface area contributed by atoms with E-state index in [4.69, 9.17) is 28.9 Å². The van der Waals surface area contributed by atoms with Crippen molar-refractivity contribution in [1.82, 2.24) is 0 Å². The lowest BCUT2D eigenvalue weighted by Gasteiger charge is -2.29. The molecule has 2 N–H and O–H groups in total. The van der Waals surface area contributed by atoms with E-state index in [2.05, 4.69) is 0 Å². The summed E-state index contributed by atoms with van der Waals surface area (Å²) in [5.41, 5.74) is 8.95. The Balaban J connectivity index is 2.02. The monoisotopic (exact) mass is 326 g/mol. The molecule has 0 radical (unpaired) electrons. The summed E-state index contributed by atoms with van der Waals surface area (Å²) in [5, 5.41) is 0. The highest BCUT2D eigenvalue weighted by Crippen LogP contribution is 2.35. The van der Waals surface area contributed by atoms with Crippen LogP contribution in [0.25, 0.3) is 0 Å². The summed E-state index contributed by atoms with van der Waals surface area (Å²) in [5.74, 6) is -0.121. The van der Waals surface area contributed by atoms with Gasteiger partial charge in [0.05, 0.1) is 9.90 Å². The van der Waals surface area contributed by atoms with Crippen molar-refractivity contribution in [3.05, 3.63) is 44.1 Å². The molecule has 0 saturated carbocycles. The maximum Gasteiger partial charge on any atom is 0.260 e. The lowest BCUT2D eigenvalue weighted by Crippen LogP contribution is -2.35. The molecule has 2 heterocycles. The van der Waals surface area contributed by atoms with Gasteiger partial charge in [0.15, 0.2) is 0 Å². The largest absolute Gasteiger partial charge is 0.399 e. The van der Waals surface area contributed by atoms with Crippen LogP contribution in [-0.4, -0.2) is 12.5 Å². The van der Waals surface area contributed by atoms with Crippen molar-refractivity contribution < 1.29 is 4.79 Å². The zero-order chi connectivity index (χ0) is 14.3. The van der Waals surface area contributed by atoms with E-state index in [1.807, 2.05) is 18.2 Å². The normalized spacial score (nSPS) is 14.2. The summed E-state index contributed by atoms with van der Waals surface area (Å²) in [6, 6.07) is 7.30. The Labute approximate surface area is 130 Å². The van der Waals surface area contributed by atoms with Crippen LogP contribution in [0.1, 0.15) is 22.3 Å². The Bertz CT molecular complexity index is 684. The summed E-state index contributed by atoms with van der Waals surface area (Å²) >= 11 is 13.2. The number of nitrogens with zero attached hydrogens (tertiary/aromatic N) is 1. The minimum Gasteiger partial charge on any atom is -0.399 e. The molecule has 1 amide bonds. The number of hydrogen-bond acceptors (Lipinski definition) is 3. The quantitative estimate of drug-likeness (QED) is 0.797. The molecular formula is C14H12Cl2N2OS. The van der Waals surface area contributed by atoms with Gasteiger partial charge in [-0.1, -0.05) is 29.3 Å². The number of rotatable bonds is 1. The van der Waals surface area contributed by atoms with Crippen LogP contribution in [0, 0.1) is 0 Å². The van der Waals surface area contributed by atoms with Crippen molar-refractivity contribution in [3.8, 4) is 0 Å². The predicted molar refractivity (Wildman–Crippen MR) is 85.2 cm³/mol. The zero-order valence-electron chi connectivity index (χ0n) is 10.5. The summed E-state index contributed by atoms with van der Waals surface area (Å²) in [6.07, 6.45) is 1.88. The Morgan fingerprint density at radius 1 is 1.30 bits per heavy atom. The van der Waals surface area contributed by atoms with Crippen LogP contribution < -0.4 is 10.6 Å². The fourth-order valence-corrected chi connectivity index (χ4v) is 3.88. The Morgan fingerprint density at radius 2 is 2.10 bits per heavy atom. The number of halogens is 2. The molecule has 0 spiro atoms. The van der Waals surface area contributed by atoms with Gasteiger partial charge in [-0.2, -0.15) is 0 Å². The average Bonchev–Trinajstić information content (AvgIpc) is 2.76. The molecule has 0 bridgehead atoms. The molecule has 1 aromatic carbocycles. The number of anilines is 2. The number of nitrogen functional groups attached to an aromatic ring is 1. The van der Waals surface area contributed by atoms with E-state index >= 15 is 0 Å². The maximum atomic E-state index is 12.7. The number of nitrogens with two attached hydrogens (primary N) is 1. The number of fused-ring (bicyclic) bond motifs is 1. The van der Waals surface area contributed by atoms with Gasteiger partial charge in [-0.05, 0) is 36.6 Å². The summed E-state index contributed by atoms with van der Waals surface area (Å²) in [7, 11) is 0. The third-order valence-corrected chi connectivity index (χ3v) is 4.85. The highest BCUT2D eigenvalue weighted by Gasteiger charge is 2.26. The number of benzene rings is 1. The summed E-state index contributed by atoms with van der Waals surface area (Å²) in [4.78, 5) is 14.4. The Morgan fingerprint density at radius 3 is 2.80 bits per heavy atom. The lowest BCUT2D eigenvalue weighted by atomic mass is 10.0. The molecule has 6 heteroatoms. The third kappa shape index (κ3) is 2.39. The highest BCUT2D eigenvalue weighted by molar-refractivity contribution is 7.20. The molecule has 1 aliphatic rings. The van der Waals surface area contributed by atoms with Gasteiger partial charge >= 0.3 is 0 Å². The van der Waals surface area contributed by atoms with Gasteiger partial charge in [0.1, 0.15) is 4.34 Å². The predicted octanol–water partition coefficient (Wildman–Crippen LogP) is 4.23. The van der Waals surface area contributed by atoms with Gasteiger partial charge in [-0.3, -0.25) is 4.79 Å². The van der Waals surface area contributed by atoms with Crippen LogP contribution in [0.3, 0.4) is 0 Å². The van der Waals surface area contributed by atoms with Crippen LogP contribution >= 0.6 is 34.5 Å². The van der Waals surface area contributed by atoms with E-state index in [0.29, 0.717) is 26.5 Å². The van der Waals surface area contributed by atoms with Crippen molar-refractivity contribution in [3.63, 3.8) is 0 Å². The molecule has 0 fully saturated rings. The fraction of sp³-hybridized carbons (Fsp3) is 0.214. The highest BCUT2D eigenvalue weighted by atomic mass is 35.5. The first-order chi connectivity index (χ1) is 9.56. The van der Waals surface area contributed by atoms with Gasteiger partial charge in [-0.25, -0.2) is 0 Å². The minimum atomic E-state index is -0.121. The van der Waals surface area contributed by atoms with E-state index in [1.54, 1.807) is 11.0 Å². The first-order valence-electron chi connectivity index (χ1n) is 6.21. The van der Waals surface area contributed by atoms with Crippen molar-refractivity contribution in [1.29, 1.82) is 0 Å². The molecular weight excluding hydrogens is 315 g/mol. The van der Waals surface area contributed by atoms with E-state index in [0.717, 1.165) is 24.1 Å². The molecule has 1 aromatic heterocycles. The van der Waals surface area contributed by atoms with Gasteiger partial charge in [0.2, 0.25) is 0 Å². The standard InChI is InChI=1S/C14H12Cl2N2OS/c15-12-7-10(13(16)20-12)14(19)18-5-1-2-8-3-4-9(17)6-11(8)18/h3-4,6-7H,1-2,5,17H2. The number of thiophene rings is 1. The number of amides is 1. The summed E-state index contributed by atoms with van der Waals surface area (Å²) in [6.45, 7) is 0.666. The molecule has 3 rings (SSSR count). The first kappa shape index (κ1) is 13.7. The van der Waals surface area contributed by atoms with Crippen LogP contribution in [0.5, 0.6) is 0 Å². The Hall–Kier alpha value is -1.23. The maximum absolute atomic E-state index is 12.7. The van der Waals surface area contributed by atoms with E-state index in [-0.39, 0.29) is 5.91 Å². The van der Waals surface area contributed by atoms with Gasteiger partial charge in [-0.15, -0.1) is 11.3 Å². The number of carbonyl (C=O) groups excluding carboxylic acids is 1. The van der Waals surface area contributed by atoms with Crippen LogP contribution in [0.4, 0.5) is 11.4 Å². The van der Waals surface area contributed by atoms with Gasteiger partial charge < -0.3 is 10.6 Å². The molecule has 104 valence electrons. The van der Waals surface area contributed by atoms with Gasteiger partial charge in [0.25, 0.3) is 5.91 Å². The molecule has 0 atom stereocenters. The van der Waals surface area contributed by atoms with Crippen molar-refractivity contribution in [2.24, 2.45) is 0 Å². The van der Waals surface area contributed by atoms with Gasteiger partial charge in [0, 0.05) is 17.9 Å². The number of aryl methyl sites for hydroxylation is 1. The van der Waals surface area contributed by atoms with Crippen LogP contribution in [0.2, 0.25) is 8.67 Å². The second kappa shape index (κ2) is 5.28. The molecule has 1 aliphatic heterocycles. The fourth-order valence-electron chi connectivity index (χ4n) is 2.43. The molecule has 0 saturated heterocycles. The lowest BCUT2D eigenvalue weighted by molar-refractivity contribution is 0.0985. The average molecular weight is 327 g/mol. The molecule has 2 aromatic rings. The smallest absolute Gasteiger partial charge is 0.260 e. The zero-order valence-corrected chi connectivity index (χ0v) is 12.9. The van der Waals surface area contributed by atoms with Crippen molar-refractivity contribution in [2.75, 3.05) is 17.2 Å². The van der Waals surface area contributed by atoms with E-state index in [9.17, 15) is 4.79 Å². The van der Waals surface area contributed by atoms with E-state index in [1.165, 1.54) is 11.3 Å². The summed E-state index contributed by atoms with van der Waals surface area (Å²) < 4.78 is 0.944. The van der Waals surface area contributed by atoms with Crippen molar-refractivity contribution in [2.45, 2.75) is 12.8 Å². The third-order valence-electron chi connectivity index (χ3n) is 3.36. The second-order valence-electron chi connectivity index (χ2n) is 4.69. The number of hydrogen-bond donors (Lipinski definition) is 1. The molecule has 3 nitrogen and oxygen atoms in total. The van der Waals surface area contributed by atoms with Crippen molar-refractivity contribution >= 4 is 51.8 Å². The molecule has 0 aliphatic carbocycles. The van der Waals surface area contributed by atoms with E-state index < -0.39 is 0 Å². The molecule has 0 unspecified atom stereocenters. The topological polar surface area (TPSA) is 46.3 Å². The minimum absolute atomic E-state index is 0.121. The first-order valence-corrected chi connectivity index (χ1v) is 7.78. The number of carbonyl (C=O) groups is 1. The van der Waals surface area contributed by atoms with Crippen LogP contribution in [0.15, 0.2) is 24.3 Å².